The Kier molecular flexibility index (Phi) is 3.88. The molecular formula is C18H14Cl2O. The van der Waals surface area contributed by atoms with Crippen LogP contribution in [0.3, 0.4) is 0 Å². The molecule has 3 rings (SSSR count). The van der Waals surface area contributed by atoms with Gasteiger partial charge in [-0.1, -0.05) is 66.5 Å². The van der Waals surface area contributed by atoms with Gasteiger partial charge < -0.3 is 0 Å². The smallest absolute Gasteiger partial charge is 0.166 e. The van der Waals surface area contributed by atoms with E-state index in [1.165, 1.54) is 0 Å². The van der Waals surface area contributed by atoms with Gasteiger partial charge in [-0.05, 0) is 35.3 Å². The first-order chi connectivity index (χ1) is 10.1. The van der Waals surface area contributed by atoms with E-state index in [0.29, 0.717) is 10.0 Å². The first kappa shape index (κ1) is 14.4. The summed E-state index contributed by atoms with van der Waals surface area (Å²) in [4.78, 5) is 12.5. The number of Topliss-reactive ketones (excluding diaryl/α,β-unsaturated/α-hetero) is 1. The summed E-state index contributed by atoms with van der Waals surface area (Å²) in [6.45, 7) is 1.97. The first-order valence-corrected chi connectivity index (χ1v) is 7.61. The van der Waals surface area contributed by atoms with Crippen LogP contribution in [0.5, 0.6) is 0 Å². The molecule has 0 saturated carbocycles. The van der Waals surface area contributed by atoms with E-state index in [2.05, 4.69) is 0 Å². The lowest BCUT2D eigenvalue weighted by Crippen LogP contribution is -2.05. The van der Waals surface area contributed by atoms with Crippen molar-refractivity contribution in [3.63, 3.8) is 0 Å². The quantitative estimate of drug-likeness (QED) is 0.713. The molecule has 2 aromatic carbocycles. The summed E-state index contributed by atoms with van der Waals surface area (Å²) in [7, 11) is 0. The predicted molar refractivity (Wildman–Crippen MR) is 88.5 cm³/mol. The van der Waals surface area contributed by atoms with Crippen molar-refractivity contribution in [3.05, 3.63) is 69.7 Å². The van der Waals surface area contributed by atoms with Gasteiger partial charge in [-0.2, -0.15) is 0 Å². The number of halogens is 2. The zero-order valence-electron chi connectivity index (χ0n) is 11.6. The van der Waals surface area contributed by atoms with Crippen LogP contribution in [0.2, 0.25) is 10.0 Å². The van der Waals surface area contributed by atoms with Crippen molar-refractivity contribution in [2.45, 2.75) is 13.3 Å². The molecule has 0 bridgehead atoms. The van der Waals surface area contributed by atoms with Crippen LogP contribution in [-0.2, 0) is 4.79 Å². The van der Waals surface area contributed by atoms with Crippen LogP contribution >= 0.6 is 23.2 Å². The average Bonchev–Trinajstić information content (AvgIpc) is 2.79. The predicted octanol–water partition coefficient (Wildman–Crippen LogP) is 5.51. The molecule has 0 fully saturated rings. The second-order valence-electron chi connectivity index (χ2n) is 5.32. The van der Waals surface area contributed by atoms with E-state index >= 15 is 0 Å². The van der Waals surface area contributed by atoms with Gasteiger partial charge in [0.1, 0.15) is 0 Å². The molecule has 1 aliphatic carbocycles. The molecule has 2 aromatic rings. The minimum Gasteiger partial charge on any atom is -0.294 e. The average molecular weight is 317 g/mol. The lowest BCUT2D eigenvalue weighted by molar-refractivity contribution is -0.116. The van der Waals surface area contributed by atoms with Crippen LogP contribution in [0, 0.1) is 5.92 Å². The summed E-state index contributed by atoms with van der Waals surface area (Å²) in [6, 6.07) is 15.3. The molecule has 0 saturated heterocycles. The monoisotopic (exact) mass is 316 g/mol. The number of hydrogen-bond acceptors (Lipinski definition) is 1. The van der Waals surface area contributed by atoms with Gasteiger partial charge in [-0.3, -0.25) is 4.79 Å². The Hall–Kier alpha value is -1.57. The maximum absolute atomic E-state index is 12.5. The van der Waals surface area contributed by atoms with Gasteiger partial charge in [-0.15, -0.1) is 0 Å². The van der Waals surface area contributed by atoms with Gasteiger partial charge in [0.2, 0.25) is 0 Å². The van der Waals surface area contributed by atoms with Crippen molar-refractivity contribution < 1.29 is 4.79 Å². The minimum atomic E-state index is 0.00431. The van der Waals surface area contributed by atoms with Gasteiger partial charge in [0.25, 0.3) is 0 Å². The van der Waals surface area contributed by atoms with Gasteiger partial charge in [-0.25, -0.2) is 0 Å². The first-order valence-electron chi connectivity index (χ1n) is 6.86. The van der Waals surface area contributed by atoms with Gasteiger partial charge in [0.15, 0.2) is 5.78 Å². The normalized spacial score (nSPS) is 18.4. The van der Waals surface area contributed by atoms with Gasteiger partial charge in [0.05, 0.1) is 10.0 Å². The van der Waals surface area contributed by atoms with Gasteiger partial charge in [0, 0.05) is 11.5 Å². The SMILES string of the molecule is CC1CC(c2ccc(Cl)c(Cl)c2)=C(c2ccccc2)C1=O. The molecule has 21 heavy (non-hydrogen) atoms. The summed E-state index contributed by atoms with van der Waals surface area (Å²) in [5.41, 5.74) is 3.80. The Morgan fingerprint density at radius 1 is 0.952 bits per heavy atom. The molecule has 3 heteroatoms. The second-order valence-corrected chi connectivity index (χ2v) is 6.13. The fourth-order valence-electron chi connectivity index (χ4n) is 2.76. The second kappa shape index (κ2) is 5.67. The molecule has 0 aromatic heterocycles. The summed E-state index contributed by atoms with van der Waals surface area (Å²) < 4.78 is 0. The van der Waals surface area contributed by atoms with Crippen LogP contribution in [-0.4, -0.2) is 5.78 Å². The van der Waals surface area contributed by atoms with E-state index < -0.39 is 0 Å². The largest absolute Gasteiger partial charge is 0.294 e. The Morgan fingerprint density at radius 2 is 1.67 bits per heavy atom. The topological polar surface area (TPSA) is 17.1 Å². The van der Waals surface area contributed by atoms with E-state index in [1.54, 1.807) is 6.07 Å². The Balaban J connectivity index is 2.18. The number of rotatable bonds is 2. The lowest BCUT2D eigenvalue weighted by Gasteiger charge is -2.08. The zero-order chi connectivity index (χ0) is 15.0. The molecule has 0 N–H and O–H groups in total. The van der Waals surface area contributed by atoms with E-state index in [4.69, 9.17) is 23.2 Å². The van der Waals surface area contributed by atoms with Crippen LogP contribution in [0.1, 0.15) is 24.5 Å². The molecule has 106 valence electrons. The number of allylic oxidation sites excluding steroid dienone is 2. The van der Waals surface area contributed by atoms with E-state index in [0.717, 1.165) is 28.7 Å². The Morgan fingerprint density at radius 3 is 2.33 bits per heavy atom. The molecule has 0 aliphatic heterocycles. The van der Waals surface area contributed by atoms with Crippen molar-refractivity contribution in [1.29, 1.82) is 0 Å². The molecule has 1 unspecified atom stereocenters. The van der Waals surface area contributed by atoms with Crippen molar-refractivity contribution in [2.75, 3.05) is 0 Å². The Labute approximate surface area is 134 Å². The fraction of sp³-hybridized carbons (Fsp3) is 0.167. The third-order valence-electron chi connectivity index (χ3n) is 3.84. The van der Waals surface area contributed by atoms with Gasteiger partial charge >= 0.3 is 0 Å². The summed E-state index contributed by atoms with van der Waals surface area (Å²) in [5.74, 6) is 0.201. The molecule has 0 spiro atoms. The highest BCUT2D eigenvalue weighted by molar-refractivity contribution is 6.42. The van der Waals surface area contributed by atoms with E-state index in [1.807, 2.05) is 49.4 Å². The van der Waals surface area contributed by atoms with Crippen molar-refractivity contribution in [2.24, 2.45) is 5.92 Å². The van der Waals surface area contributed by atoms with Crippen LogP contribution in [0.25, 0.3) is 11.1 Å². The summed E-state index contributed by atoms with van der Waals surface area (Å²) in [6.07, 6.45) is 0.737. The maximum atomic E-state index is 12.5. The third-order valence-corrected chi connectivity index (χ3v) is 4.58. The molecule has 0 heterocycles. The standard InChI is InChI=1S/C18H14Cl2O/c1-11-9-14(13-7-8-15(19)16(20)10-13)17(18(11)21)12-5-3-2-4-6-12/h2-8,10-11H,9H2,1H3. The van der Waals surface area contributed by atoms with E-state index in [9.17, 15) is 4.79 Å². The van der Waals surface area contributed by atoms with Crippen LogP contribution in [0.15, 0.2) is 48.5 Å². The number of carbonyl (C=O) groups excluding carboxylic acids is 1. The highest BCUT2D eigenvalue weighted by Gasteiger charge is 2.31. The number of benzene rings is 2. The lowest BCUT2D eigenvalue weighted by atomic mass is 9.97. The number of carbonyl (C=O) groups is 1. The van der Waals surface area contributed by atoms with Crippen molar-refractivity contribution in [3.8, 4) is 0 Å². The summed E-state index contributed by atoms with van der Waals surface area (Å²) >= 11 is 12.1. The summed E-state index contributed by atoms with van der Waals surface area (Å²) in [5, 5.41) is 1.04. The maximum Gasteiger partial charge on any atom is 0.166 e. The number of ketones is 1. The Bertz CT molecular complexity index is 732. The highest BCUT2D eigenvalue weighted by atomic mass is 35.5. The third kappa shape index (κ3) is 2.64. The van der Waals surface area contributed by atoms with Crippen LogP contribution < -0.4 is 0 Å². The fourth-order valence-corrected chi connectivity index (χ4v) is 3.06. The van der Waals surface area contributed by atoms with Crippen LogP contribution in [0.4, 0.5) is 0 Å². The molecule has 1 aliphatic rings. The van der Waals surface area contributed by atoms with E-state index in [-0.39, 0.29) is 11.7 Å². The van der Waals surface area contributed by atoms with Crippen molar-refractivity contribution in [1.82, 2.24) is 0 Å². The molecule has 1 atom stereocenters. The molecule has 1 nitrogen and oxygen atoms in total. The minimum absolute atomic E-state index is 0.00431. The molecule has 0 radical (unpaired) electrons. The highest BCUT2D eigenvalue weighted by Crippen LogP contribution is 2.41. The number of hydrogen-bond donors (Lipinski definition) is 0. The molecule has 0 amide bonds. The molecular weight excluding hydrogens is 303 g/mol. The van der Waals surface area contributed by atoms with Crippen molar-refractivity contribution >= 4 is 40.1 Å². The zero-order valence-corrected chi connectivity index (χ0v) is 13.1.